The lowest BCUT2D eigenvalue weighted by Crippen LogP contribution is -2.49. The molecule has 0 spiro atoms. The van der Waals surface area contributed by atoms with Gasteiger partial charge in [-0.25, -0.2) is 0 Å². The number of nitrogens with zero attached hydrogens (tertiary/aromatic N) is 2. The van der Waals surface area contributed by atoms with E-state index in [0.717, 1.165) is 51.2 Å². The van der Waals surface area contributed by atoms with Crippen LogP contribution in [0.5, 0.6) is 0 Å². The average Bonchev–Trinajstić information content (AvgIpc) is 3.19. The van der Waals surface area contributed by atoms with Crippen LogP contribution in [0.25, 0.3) is 0 Å². The number of aromatic nitrogens is 1. The normalized spacial score (nSPS) is 31.1. The summed E-state index contributed by atoms with van der Waals surface area (Å²) in [5.41, 5.74) is -0.0412. The molecule has 1 saturated carbocycles. The Labute approximate surface area is 188 Å². The summed E-state index contributed by atoms with van der Waals surface area (Å²) in [6.45, 7) is 8.63. The molecule has 0 aromatic carbocycles. The number of nitrogens with one attached hydrogen (secondary N) is 1. The first kappa shape index (κ1) is 23.5. The third-order valence-electron chi connectivity index (χ3n) is 7.83. The molecular formula is C24H34F3N3O2. The second-order valence-electron chi connectivity index (χ2n) is 10.2. The number of alkyl halides is 3. The van der Waals surface area contributed by atoms with Gasteiger partial charge in [0.05, 0.1) is 17.6 Å². The molecule has 0 unspecified atom stereocenters. The minimum atomic E-state index is -4.43. The number of carbonyl (C=O) groups is 1. The lowest BCUT2D eigenvalue weighted by molar-refractivity contribution is -0.146. The predicted molar refractivity (Wildman–Crippen MR) is 115 cm³/mol. The monoisotopic (exact) mass is 453 g/mol. The quantitative estimate of drug-likeness (QED) is 0.743. The molecule has 178 valence electrons. The maximum absolute atomic E-state index is 13.8. The van der Waals surface area contributed by atoms with Crippen molar-refractivity contribution in [2.24, 2.45) is 17.3 Å². The maximum Gasteiger partial charge on any atom is 0.417 e. The van der Waals surface area contributed by atoms with Crippen molar-refractivity contribution >= 4 is 5.91 Å². The molecule has 32 heavy (non-hydrogen) atoms. The maximum atomic E-state index is 13.8. The highest BCUT2D eigenvalue weighted by Gasteiger charge is 2.50. The van der Waals surface area contributed by atoms with Crippen molar-refractivity contribution < 1.29 is 22.7 Å². The Hall–Kier alpha value is -1.67. The van der Waals surface area contributed by atoms with Gasteiger partial charge < -0.3 is 15.0 Å². The van der Waals surface area contributed by atoms with Crippen LogP contribution in [0.15, 0.2) is 12.3 Å². The van der Waals surface area contributed by atoms with Gasteiger partial charge in [0.1, 0.15) is 0 Å². The van der Waals surface area contributed by atoms with Crippen LogP contribution in [0, 0.1) is 17.3 Å². The Morgan fingerprint density at radius 3 is 2.81 bits per heavy atom. The standard InChI is InChI=1S/C24H34F3N3O2/c1-15(2)23(7-4-19(11-23)29-20-6-9-32-14-16(20)3)22(31)30-8-5-21-17(13-30)10-18(12-28-21)24(25,26)27/h10,12,15-16,19-20,29H,4-9,11,13-14H2,1-3H3/t16-,19+,20+,23-/m0/s1. The fourth-order valence-corrected chi connectivity index (χ4v) is 5.68. The predicted octanol–water partition coefficient (Wildman–Crippen LogP) is 4.19. The summed E-state index contributed by atoms with van der Waals surface area (Å²) < 4.78 is 45.0. The summed E-state index contributed by atoms with van der Waals surface area (Å²) in [6, 6.07) is 1.85. The van der Waals surface area contributed by atoms with Gasteiger partial charge in [-0.05, 0) is 49.1 Å². The minimum absolute atomic E-state index is 0.0832. The van der Waals surface area contributed by atoms with Crippen LogP contribution in [0.4, 0.5) is 13.2 Å². The zero-order valence-corrected chi connectivity index (χ0v) is 19.2. The Balaban J connectivity index is 1.48. The molecule has 4 atom stereocenters. The fraction of sp³-hybridized carbons (Fsp3) is 0.750. The molecule has 0 radical (unpaired) electrons. The highest BCUT2D eigenvalue weighted by molar-refractivity contribution is 5.83. The Morgan fingerprint density at radius 1 is 1.34 bits per heavy atom. The number of halogens is 3. The highest BCUT2D eigenvalue weighted by atomic mass is 19.4. The van der Waals surface area contributed by atoms with Crippen molar-refractivity contribution in [3.63, 3.8) is 0 Å². The van der Waals surface area contributed by atoms with Crippen LogP contribution in [-0.4, -0.2) is 47.6 Å². The van der Waals surface area contributed by atoms with E-state index in [9.17, 15) is 18.0 Å². The van der Waals surface area contributed by atoms with Crippen LogP contribution < -0.4 is 5.32 Å². The zero-order chi connectivity index (χ0) is 23.1. The summed E-state index contributed by atoms with van der Waals surface area (Å²) >= 11 is 0. The SMILES string of the molecule is CC(C)[C@]1(C(=O)N2CCc3ncc(C(F)(F)F)cc3C2)CC[C@@H](N[C@@H]2CCOC[C@@H]2C)C1. The summed E-state index contributed by atoms with van der Waals surface area (Å²) in [4.78, 5) is 19.6. The van der Waals surface area contributed by atoms with Gasteiger partial charge in [-0.1, -0.05) is 20.8 Å². The summed E-state index contributed by atoms with van der Waals surface area (Å²) in [5.74, 6) is 0.692. The van der Waals surface area contributed by atoms with E-state index in [1.54, 1.807) is 4.90 Å². The van der Waals surface area contributed by atoms with Crippen LogP contribution in [-0.2, 0) is 28.7 Å². The topological polar surface area (TPSA) is 54.5 Å². The first-order valence-electron chi connectivity index (χ1n) is 11.8. The van der Waals surface area contributed by atoms with Crippen molar-refractivity contribution in [2.75, 3.05) is 19.8 Å². The van der Waals surface area contributed by atoms with Gasteiger partial charge in [0.15, 0.2) is 0 Å². The molecule has 8 heteroatoms. The molecule has 5 nitrogen and oxygen atoms in total. The molecular weight excluding hydrogens is 419 g/mol. The number of pyridine rings is 1. The van der Waals surface area contributed by atoms with Crippen LogP contribution in [0.1, 0.15) is 63.3 Å². The second-order valence-corrected chi connectivity index (χ2v) is 10.2. The van der Waals surface area contributed by atoms with E-state index in [1.807, 2.05) is 0 Å². The number of ether oxygens (including phenoxy) is 1. The molecule has 1 aliphatic carbocycles. The van der Waals surface area contributed by atoms with Gasteiger partial charge in [0.25, 0.3) is 0 Å². The molecule has 3 aliphatic rings. The van der Waals surface area contributed by atoms with Crippen molar-refractivity contribution in [1.82, 2.24) is 15.2 Å². The van der Waals surface area contributed by atoms with E-state index in [2.05, 4.69) is 31.1 Å². The number of hydrogen-bond donors (Lipinski definition) is 1. The number of rotatable bonds is 4. The molecule has 0 bridgehead atoms. The molecule has 1 aromatic heterocycles. The number of carbonyl (C=O) groups excluding carboxylic acids is 1. The first-order chi connectivity index (χ1) is 15.1. The van der Waals surface area contributed by atoms with E-state index >= 15 is 0 Å². The third kappa shape index (κ3) is 4.53. The van der Waals surface area contributed by atoms with E-state index < -0.39 is 17.2 Å². The Bertz CT molecular complexity index is 844. The van der Waals surface area contributed by atoms with Gasteiger partial charge in [0.2, 0.25) is 5.91 Å². The van der Waals surface area contributed by atoms with Gasteiger partial charge in [-0.15, -0.1) is 0 Å². The highest BCUT2D eigenvalue weighted by Crippen LogP contribution is 2.47. The van der Waals surface area contributed by atoms with Crippen molar-refractivity contribution in [2.45, 2.75) is 77.7 Å². The van der Waals surface area contributed by atoms with Crippen molar-refractivity contribution in [3.8, 4) is 0 Å². The lowest BCUT2D eigenvalue weighted by Gasteiger charge is -2.40. The van der Waals surface area contributed by atoms with Gasteiger partial charge in [-0.3, -0.25) is 9.78 Å². The Kier molecular flexibility index (Phi) is 6.56. The summed E-state index contributed by atoms with van der Waals surface area (Å²) in [7, 11) is 0. The lowest BCUT2D eigenvalue weighted by atomic mass is 9.74. The molecule has 2 fully saturated rings. The molecule has 3 heterocycles. The zero-order valence-electron chi connectivity index (χ0n) is 19.2. The third-order valence-corrected chi connectivity index (χ3v) is 7.83. The molecule has 1 saturated heterocycles. The Morgan fingerprint density at radius 2 is 2.12 bits per heavy atom. The summed E-state index contributed by atoms with van der Waals surface area (Å²) in [5, 5.41) is 3.79. The smallest absolute Gasteiger partial charge is 0.381 e. The van der Waals surface area contributed by atoms with Crippen molar-refractivity contribution in [1.29, 1.82) is 0 Å². The van der Waals surface area contributed by atoms with Crippen LogP contribution in [0.3, 0.4) is 0 Å². The molecule has 1 N–H and O–H groups in total. The minimum Gasteiger partial charge on any atom is -0.381 e. The number of fused-ring (bicyclic) bond motifs is 1. The molecule has 2 aliphatic heterocycles. The second kappa shape index (κ2) is 8.93. The molecule has 1 aromatic rings. The van der Waals surface area contributed by atoms with E-state index in [0.29, 0.717) is 36.2 Å². The average molecular weight is 454 g/mol. The van der Waals surface area contributed by atoms with E-state index in [-0.39, 0.29) is 24.4 Å². The van der Waals surface area contributed by atoms with Crippen LogP contribution >= 0.6 is 0 Å². The van der Waals surface area contributed by atoms with E-state index in [1.165, 1.54) is 0 Å². The van der Waals surface area contributed by atoms with Gasteiger partial charge in [0, 0.05) is 50.1 Å². The molecule has 1 amide bonds. The summed E-state index contributed by atoms with van der Waals surface area (Å²) in [6.07, 6.45) is 0.473. The van der Waals surface area contributed by atoms with Gasteiger partial charge in [-0.2, -0.15) is 13.2 Å². The van der Waals surface area contributed by atoms with E-state index in [4.69, 9.17) is 4.74 Å². The molecule has 4 rings (SSSR count). The first-order valence-corrected chi connectivity index (χ1v) is 11.8. The van der Waals surface area contributed by atoms with Crippen molar-refractivity contribution in [3.05, 3.63) is 29.1 Å². The number of amides is 1. The number of hydrogen-bond acceptors (Lipinski definition) is 4. The van der Waals surface area contributed by atoms with Crippen LogP contribution in [0.2, 0.25) is 0 Å². The fourth-order valence-electron chi connectivity index (χ4n) is 5.68. The van der Waals surface area contributed by atoms with Gasteiger partial charge >= 0.3 is 6.18 Å². The largest absolute Gasteiger partial charge is 0.417 e.